The van der Waals surface area contributed by atoms with Crippen molar-refractivity contribution in [1.29, 1.82) is 0 Å². The molecule has 2 saturated carbocycles. The summed E-state index contributed by atoms with van der Waals surface area (Å²) in [6, 6.07) is 7.74. The van der Waals surface area contributed by atoms with Crippen LogP contribution in [0, 0.1) is 29.4 Å². The zero-order chi connectivity index (χ0) is 25.7. The third kappa shape index (κ3) is 7.13. The van der Waals surface area contributed by atoms with Gasteiger partial charge in [0.1, 0.15) is 12.4 Å². The number of hydrogen-bond donors (Lipinski definition) is 0. The van der Waals surface area contributed by atoms with Crippen LogP contribution in [0.3, 0.4) is 0 Å². The van der Waals surface area contributed by atoms with Gasteiger partial charge in [0.25, 0.3) is 0 Å². The molecule has 0 N–H and O–H groups in total. The van der Waals surface area contributed by atoms with E-state index in [4.69, 9.17) is 4.74 Å². The van der Waals surface area contributed by atoms with Gasteiger partial charge in [-0.05, 0) is 97.6 Å². The summed E-state index contributed by atoms with van der Waals surface area (Å²) in [6.07, 6.45) is 7.32. The fraction of sp³-hybridized carbons (Fsp3) is 0.586. The topological polar surface area (TPSA) is 18.5 Å². The average molecular weight is 511 g/mol. The SMILES string of the molecule is CCCC1CCC(C2CCC(c3cc(F)c(OCc4ccc(OC(F)(F)F)cc4)c(F)c3)CC2)CC1. The van der Waals surface area contributed by atoms with Crippen molar-refractivity contribution in [3.8, 4) is 11.5 Å². The predicted molar refractivity (Wildman–Crippen MR) is 129 cm³/mol. The molecule has 0 aliphatic heterocycles. The summed E-state index contributed by atoms with van der Waals surface area (Å²) in [4.78, 5) is 0. The molecule has 2 aliphatic rings. The van der Waals surface area contributed by atoms with Gasteiger partial charge >= 0.3 is 6.36 Å². The van der Waals surface area contributed by atoms with E-state index in [0.29, 0.717) is 11.1 Å². The van der Waals surface area contributed by atoms with E-state index in [1.807, 2.05) is 0 Å². The summed E-state index contributed by atoms with van der Waals surface area (Å²) in [7, 11) is 0. The monoisotopic (exact) mass is 510 g/mol. The summed E-state index contributed by atoms with van der Waals surface area (Å²) in [6.45, 7) is 2.08. The van der Waals surface area contributed by atoms with Crippen molar-refractivity contribution in [2.75, 3.05) is 0 Å². The van der Waals surface area contributed by atoms with Gasteiger partial charge in [0, 0.05) is 0 Å². The lowest BCUT2D eigenvalue weighted by atomic mass is 9.68. The minimum atomic E-state index is -4.78. The Hall–Kier alpha value is -2.31. The van der Waals surface area contributed by atoms with Gasteiger partial charge in [-0.25, -0.2) is 8.78 Å². The smallest absolute Gasteiger partial charge is 0.483 e. The Morgan fingerprint density at radius 1 is 0.806 bits per heavy atom. The van der Waals surface area contributed by atoms with Crippen LogP contribution in [-0.2, 0) is 6.61 Å². The van der Waals surface area contributed by atoms with Crippen molar-refractivity contribution in [3.63, 3.8) is 0 Å². The van der Waals surface area contributed by atoms with Gasteiger partial charge in [-0.2, -0.15) is 0 Å². The first-order valence-corrected chi connectivity index (χ1v) is 13.2. The minimum absolute atomic E-state index is 0.150. The number of halogens is 5. The van der Waals surface area contributed by atoms with Crippen LogP contribution in [0.15, 0.2) is 36.4 Å². The number of rotatable bonds is 8. The second kappa shape index (κ2) is 11.8. The molecule has 2 fully saturated rings. The van der Waals surface area contributed by atoms with Crippen molar-refractivity contribution in [3.05, 3.63) is 59.2 Å². The molecule has 0 unspecified atom stereocenters. The van der Waals surface area contributed by atoms with Crippen molar-refractivity contribution >= 4 is 0 Å². The summed E-state index contributed by atoms with van der Waals surface area (Å²) >= 11 is 0. The Labute approximate surface area is 210 Å². The van der Waals surface area contributed by atoms with E-state index in [1.54, 1.807) is 0 Å². The van der Waals surface area contributed by atoms with Gasteiger partial charge in [0.05, 0.1) is 0 Å². The van der Waals surface area contributed by atoms with E-state index in [-0.39, 0.29) is 18.3 Å². The fourth-order valence-corrected chi connectivity index (χ4v) is 6.18. The number of alkyl halides is 3. The van der Waals surface area contributed by atoms with Crippen molar-refractivity contribution in [2.45, 2.75) is 90.0 Å². The van der Waals surface area contributed by atoms with E-state index in [1.165, 1.54) is 62.8 Å². The molecule has 2 aromatic carbocycles. The van der Waals surface area contributed by atoms with Gasteiger partial charge in [-0.1, -0.05) is 44.7 Å². The van der Waals surface area contributed by atoms with Crippen LogP contribution in [0.2, 0.25) is 0 Å². The first kappa shape index (κ1) is 26.7. The summed E-state index contributed by atoms with van der Waals surface area (Å²) in [5.74, 6) is 0.246. The standard InChI is InChI=1S/C29H35F5O2/c1-2-3-19-4-8-21(9-5-19)22-10-12-23(13-11-22)24-16-26(30)28(27(31)17-24)35-18-20-6-14-25(15-7-20)36-29(32,33)34/h6-7,14-17,19,21-23H,2-5,8-13,18H2,1H3. The maximum Gasteiger partial charge on any atom is 0.573 e. The van der Waals surface area contributed by atoms with Gasteiger partial charge in [-0.3, -0.25) is 0 Å². The van der Waals surface area contributed by atoms with Crippen LogP contribution < -0.4 is 9.47 Å². The van der Waals surface area contributed by atoms with Crippen molar-refractivity contribution < 1.29 is 31.4 Å². The highest BCUT2D eigenvalue weighted by Gasteiger charge is 2.32. The largest absolute Gasteiger partial charge is 0.573 e. The summed E-state index contributed by atoms with van der Waals surface area (Å²) in [5, 5.41) is 0. The first-order valence-electron chi connectivity index (χ1n) is 13.2. The van der Waals surface area contributed by atoms with Crippen molar-refractivity contribution in [2.24, 2.45) is 17.8 Å². The van der Waals surface area contributed by atoms with Gasteiger partial charge in [-0.15, -0.1) is 13.2 Å². The predicted octanol–water partition coefficient (Wildman–Crippen LogP) is 9.32. The van der Waals surface area contributed by atoms with E-state index in [0.717, 1.165) is 55.6 Å². The molecule has 0 heterocycles. The lowest BCUT2D eigenvalue weighted by Crippen LogP contribution is -2.25. The Kier molecular flexibility index (Phi) is 8.78. The number of hydrogen-bond acceptors (Lipinski definition) is 2. The maximum atomic E-state index is 14.8. The van der Waals surface area contributed by atoms with Crippen LogP contribution in [-0.4, -0.2) is 6.36 Å². The molecule has 4 rings (SSSR count). The molecule has 0 radical (unpaired) electrons. The van der Waals surface area contributed by atoms with E-state index in [2.05, 4.69) is 11.7 Å². The number of benzene rings is 2. The van der Waals surface area contributed by atoms with Crippen LogP contribution in [0.25, 0.3) is 0 Å². The molecular formula is C29H35F5O2. The van der Waals surface area contributed by atoms with E-state index < -0.39 is 23.7 Å². The second-order valence-electron chi connectivity index (χ2n) is 10.5. The molecule has 0 amide bonds. The molecule has 198 valence electrons. The molecule has 0 bridgehead atoms. The lowest BCUT2D eigenvalue weighted by molar-refractivity contribution is -0.274. The lowest BCUT2D eigenvalue weighted by Gasteiger charge is -2.38. The molecule has 0 spiro atoms. The van der Waals surface area contributed by atoms with Gasteiger partial charge in [0.2, 0.25) is 0 Å². The maximum absolute atomic E-state index is 14.8. The zero-order valence-corrected chi connectivity index (χ0v) is 20.8. The molecular weight excluding hydrogens is 475 g/mol. The first-order chi connectivity index (χ1) is 17.2. The van der Waals surface area contributed by atoms with Gasteiger partial charge < -0.3 is 9.47 Å². The number of ether oxygens (including phenoxy) is 2. The zero-order valence-electron chi connectivity index (χ0n) is 20.8. The normalized spacial score (nSPS) is 24.9. The molecule has 2 aliphatic carbocycles. The third-order valence-electron chi connectivity index (χ3n) is 8.06. The molecule has 2 aromatic rings. The van der Waals surface area contributed by atoms with E-state index in [9.17, 15) is 22.0 Å². The van der Waals surface area contributed by atoms with Crippen LogP contribution >= 0.6 is 0 Å². The average Bonchev–Trinajstić information content (AvgIpc) is 2.84. The van der Waals surface area contributed by atoms with Gasteiger partial charge in [0.15, 0.2) is 17.4 Å². The molecule has 0 atom stereocenters. The highest BCUT2D eigenvalue weighted by Crippen LogP contribution is 2.45. The summed E-state index contributed by atoms with van der Waals surface area (Å²) in [5.41, 5.74) is 1.14. The minimum Gasteiger partial charge on any atom is -0.483 e. The molecule has 2 nitrogen and oxygen atoms in total. The molecule has 0 aromatic heterocycles. The van der Waals surface area contributed by atoms with Crippen LogP contribution in [0.1, 0.15) is 88.2 Å². The summed E-state index contributed by atoms with van der Waals surface area (Å²) < 4.78 is 75.6. The third-order valence-corrected chi connectivity index (χ3v) is 8.06. The highest BCUT2D eigenvalue weighted by atomic mass is 19.4. The quantitative estimate of drug-likeness (QED) is 0.330. The fourth-order valence-electron chi connectivity index (χ4n) is 6.18. The molecule has 7 heteroatoms. The Morgan fingerprint density at radius 3 is 1.89 bits per heavy atom. The van der Waals surface area contributed by atoms with Crippen molar-refractivity contribution in [1.82, 2.24) is 0 Å². The van der Waals surface area contributed by atoms with E-state index >= 15 is 0 Å². The molecule has 0 saturated heterocycles. The van der Waals surface area contributed by atoms with Crippen LogP contribution in [0.4, 0.5) is 22.0 Å². The Balaban J connectivity index is 1.29. The second-order valence-corrected chi connectivity index (χ2v) is 10.5. The Bertz CT molecular complexity index is 949. The molecule has 36 heavy (non-hydrogen) atoms. The highest BCUT2D eigenvalue weighted by molar-refractivity contribution is 5.34. The van der Waals surface area contributed by atoms with Crippen LogP contribution in [0.5, 0.6) is 11.5 Å². The Morgan fingerprint density at radius 2 is 1.36 bits per heavy atom.